The van der Waals surface area contributed by atoms with Crippen LogP contribution in [-0.2, 0) is 0 Å². The van der Waals surface area contributed by atoms with Gasteiger partial charge in [0, 0.05) is 50.7 Å². The minimum atomic E-state index is 1.13. The largest absolute Gasteiger partial charge is 0.135 e. The molecule has 2 heterocycles. The molecule has 0 saturated carbocycles. The highest BCUT2D eigenvalue weighted by molar-refractivity contribution is 9.11. The molecule has 0 spiro atoms. The second-order valence-electron chi connectivity index (χ2n) is 6.83. The Balaban J connectivity index is 1.55. The topological polar surface area (TPSA) is 0 Å². The van der Waals surface area contributed by atoms with E-state index in [1.165, 1.54) is 41.8 Å². The van der Waals surface area contributed by atoms with E-state index in [1.54, 1.807) is 0 Å². The van der Waals surface area contributed by atoms with Crippen LogP contribution in [0.5, 0.6) is 0 Å². The number of benzene rings is 3. The molecule has 0 nitrogen and oxygen atoms in total. The molecule has 2 aromatic heterocycles. The Morgan fingerprint density at radius 3 is 1.03 bits per heavy atom. The van der Waals surface area contributed by atoms with Gasteiger partial charge in [0.15, 0.2) is 0 Å². The zero-order valence-electron chi connectivity index (χ0n) is 15.8. The van der Waals surface area contributed by atoms with Crippen molar-refractivity contribution in [2.45, 2.75) is 0 Å². The van der Waals surface area contributed by atoms with Gasteiger partial charge in [-0.2, -0.15) is 0 Å². The van der Waals surface area contributed by atoms with E-state index in [9.17, 15) is 0 Å². The van der Waals surface area contributed by atoms with Crippen LogP contribution in [0, 0.1) is 0 Å². The van der Waals surface area contributed by atoms with Gasteiger partial charge < -0.3 is 0 Å². The van der Waals surface area contributed by atoms with Gasteiger partial charge in [0.2, 0.25) is 0 Å². The maximum atomic E-state index is 3.68. The summed E-state index contributed by atoms with van der Waals surface area (Å²) in [7, 11) is 0. The monoisotopic (exact) mass is 550 g/mol. The van der Waals surface area contributed by atoms with Crippen molar-refractivity contribution < 1.29 is 0 Å². The number of halogens is 2. The molecule has 0 saturated heterocycles. The first-order chi connectivity index (χ1) is 14.7. The second-order valence-corrected chi connectivity index (χ2v) is 10.7. The lowest BCUT2D eigenvalue weighted by Gasteiger charge is -2.06. The van der Waals surface area contributed by atoms with Crippen molar-refractivity contribution in [1.29, 1.82) is 0 Å². The molecule has 146 valence electrons. The molecular formula is C26H16Br2S2. The number of hydrogen-bond donors (Lipinski definition) is 0. The standard InChI is InChI=1S/C26H16Br2S2/c27-21-11-5-3-9-19(21)25-15-13-23(29-25)17-7-1-2-8-18(17)24-14-16-26(30-24)20-10-4-6-12-22(20)28/h1-16H. The summed E-state index contributed by atoms with van der Waals surface area (Å²) in [5.74, 6) is 0. The molecule has 0 N–H and O–H groups in total. The molecule has 0 unspecified atom stereocenters. The molecular weight excluding hydrogens is 536 g/mol. The minimum Gasteiger partial charge on any atom is -0.135 e. The summed E-state index contributed by atoms with van der Waals surface area (Å²) in [6.45, 7) is 0. The Kier molecular flexibility index (Phi) is 5.74. The van der Waals surface area contributed by atoms with Gasteiger partial charge in [0.25, 0.3) is 0 Å². The molecule has 0 aliphatic carbocycles. The highest BCUT2D eigenvalue weighted by atomic mass is 79.9. The SMILES string of the molecule is Brc1ccccc1-c1ccc(-c2ccccc2-c2ccc(-c3ccccc3Br)s2)s1. The lowest BCUT2D eigenvalue weighted by atomic mass is 10.0. The van der Waals surface area contributed by atoms with Crippen LogP contribution >= 0.6 is 54.5 Å². The summed E-state index contributed by atoms with van der Waals surface area (Å²) >= 11 is 11.0. The Hall–Kier alpha value is -1.98. The first kappa shape index (κ1) is 20.0. The average molecular weight is 552 g/mol. The van der Waals surface area contributed by atoms with E-state index in [2.05, 4.69) is 129 Å². The summed E-state index contributed by atoms with van der Waals surface area (Å²) in [4.78, 5) is 5.11. The highest BCUT2D eigenvalue weighted by Crippen LogP contribution is 2.44. The van der Waals surface area contributed by atoms with Crippen molar-refractivity contribution in [3.63, 3.8) is 0 Å². The Morgan fingerprint density at radius 2 is 0.667 bits per heavy atom. The molecule has 0 amide bonds. The normalized spacial score (nSPS) is 11.0. The maximum Gasteiger partial charge on any atom is 0.0360 e. The highest BCUT2D eigenvalue weighted by Gasteiger charge is 2.14. The van der Waals surface area contributed by atoms with Gasteiger partial charge in [-0.05, 0) is 36.4 Å². The Bertz CT molecular complexity index is 1230. The molecule has 3 aromatic carbocycles. The van der Waals surface area contributed by atoms with Crippen LogP contribution in [0.15, 0.2) is 106 Å². The number of rotatable bonds is 4. The summed E-state index contributed by atoms with van der Waals surface area (Å²) in [6.07, 6.45) is 0. The molecule has 0 atom stereocenters. The zero-order chi connectivity index (χ0) is 20.5. The second kappa shape index (κ2) is 8.64. The molecule has 30 heavy (non-hydrogen) atoms. The van der Waals surface area contributed by atoms with Crippen molar-refractivity contribution >= 4 is 54.5 Å². The van der Waals surface area contributed by atoms with Crippen molar-refractivity contribution in [1.82, 2.24) is 0 Å². The van der Waals surface area contributed by atoms with Crippen LogP contribution < -0.4 is 0 Å². The fourth-order valence-corrected chi connectivity index (χ4v) is 6.92. The number of thiophene rings is 2. The summed E-state index contributed by atoms with van der Waals surface area (Å²) in [5.41, 5.74) is 5.03. The lowest BCUT2D eigenvalue weighted by molar-refractivity contribution is 1.64. The van der Waals surface area contributed by atoms with Gasteiger partial charge in [0.1, 0.15) is 0 Å². The van der Waals surface area contributed by atoms with Gasteiger partial charge in [-0.1, -0.05) is 92.5 Å². The average Bonchev–Trinajstić information content (AvgIpc) is 3.45. The van der Waals surface area contributed by atoms with Crippen LogP contribution in [0.4, 0.5) is 0 Å². The van der Waals surface area contributed by atoms with E-state index < -0.39 is 0 Å². The zero-order valence-corrected chi connectivity index (χ0v) is 20.6. The number of hydrogen-bond acceptors (Lipinski definition) is 2. The van der Waals surface area contributed by atoms with Gasteiger partial charge in [-0.25, -0.2) is 0 Å². The molecule has 5 rings (SSSR count). The van der Waals surface area contributed by atoms with Crippen molar-refractivity contribution in [2.24, 2.45) is 0 Å². The molecule has 0 fully saturated rings. The summed E-state index contributed by atoms with van der Waals surface area (Å²) < 4.78 is 2.26. The molecule has 0 aliphatic heterocycles. The van der Waals surface area contributed by atoms with Crippen LogP contribution in [-0.4, -0.2) is 0 Å². The van der Waals surface area contributed by atoms with Gasteiger partial charge in [-0.15, -0.1) is 22.7 Å². The molecule has 0 radical (unpaired) electrons. The third-order valence-electron chi connectivity index (χ3n) is 4.95. The smallest absolute Gasteiger partial charge is 0.0360 e. The van der Waals surface area contributed by atoms with Crippen LogP contribution in [0.2, 0.25) is 0 Å². The lowest BCUT2D eigenvalue weighted by Crippen LogP contribution is -1.79. The van der Waals surface area contributed by atoms with Gasteiger partial charge >= 0.3 is 0 Å². The van der Waals surface area contributed by atoms with E-state index in [1.807, 2.05) is 22.7 Å². The predicted octanol–water partition coefficient (Wildman–Crippen LogP) is 10.0. The van der Waals surface area contributed by atoms with Gasteiger partial charge in [0.05, 0.1) is 0 Å². The van der Waals surface area contributed by atoms with Crippen molar-refractivity contribution in [2.75, 3.05) is 0 Å². The van der Waals surface area contributed by atoms with E-state index in [0.29, 0.717) is 0 Å². The Morgan fingerprint density at radius 1 is 0.367 bits per heavy atom. The quantitative estimate of drug-likeness (QED) is 0.208. The summed E-state index contributed by atoms with van der Waals surface area (Å²) in [6, 6.07) is 34.4. The van der Waals surface area contributed by atoms with E-state index in [0.717, 1.165) is 8.95 Å². The van der Waals surface area contributed by atoms with E-state index in [-0.39, 0.29) is 0 Å². The molecule has 0 aliphatic rings. The van der Waals surface area contributed by atoms with Crippen LogP contribution in [0.3, 0.4) is 0 Å². The van der Waals surface area contributed by atoms with Crippen molar-refractivity contribution in [3.05, 3.63) is 106 Å². The first-order valence-corrected chi connectivity index (χ1v) is 12.7. The minimum absolute atomic E-state index is 1.13. The third-order valence-corrected chi connectivity index (χ3v) is 8.64. The predicted molar refractivity (Wildman–Crippen MR) is 139 cm³/mol. The maximum absolute atomic E-state index is 3.68. The summed E-state index contributed by atoms with van der Waals surface area (Å²) in [5, 5.41) is 0. The molecule has 0 bridgehead atoms. The van der Waals surface area contributed by atoms with Crippen molar-refractivity contribution in [3.8, 4) is 41.8 Å². The third kappa shape index (κ3) is 3.85. The fraction of sp³-hybridized carbons (Fsp3) is 0. The van der Waals surface area contributed by atoms with Crippen LogP contribution in [0.25, 0.3) is 41.8 Å². The Labute approximate surface area is 201 Å². The van der Waals surface area contributed by atoms with E-state index in [4.69, 9.17) is 0 Å². The first-order valence-electron chi connectivity index (χ1n) is 9.50. The fourth-order valence-electron chi connectivity index (χ4n) is 3.49. The van der Waals surface area contributed by atoms with E-state index >= 15 is 0 Å². The molecule has 5 aromatic rings. The van der Waals surface area contributed by atoms with Gasteiger partial charge in [-0.3, -0.25) is 0 Å². The molecule has 4 heteroatoms. The van der Waals surface area contributed by atoms with Crippen LogP contribution in [0.1, 0.15) is 0 Å².